The predicted molar refractivity (Wildman–Crippen MR) is 113 cm³/mol. The fourth-order valence-electron chi connectivity index (χ4n) is 3.08. The van der Waals surface area contributed by atoms with Gasteiger partial charge in [-0.3, -0.25) is 9.59 Å². The van der Waals surface area contributed by atoms with Gasteiger partial charge in [0.15, 0.2) is 0 Å². The minimum atomic E-state index is -1.17. The Bertz CT molecular complexity index is 836. The first kappa shape index (κ1) is 23.1. The minimum absolute atomic E-state index is 0.120. The maximum atomic E-state index is 12.6. The highest BCUT2D eigenvalue weighted by Crippen LogP contribution is 2.07. The highest BCUT2D eigenvalue weighted by Gasteiger charge is 2.26. The van der Waals surface area contributed by atoms with Crippen molar-refractivity contribution in [2.75, 3.05) is 6.54 Å². The molecule has 7 heteroatoms. The second kappa shape index (κ2) is 11.7. The van der Waals surface area contributed by atoms with E-state index in [1.165, 1.54) is 5.56 Å². The summed E-state index contributed by atoms with van der Waals surface area (Å²) in [7, 11) is 0. The zero-order valence-electron chi connectivity index (χ0n) is 17.0. The molecule has 0 fully saturated rings. The van der Waals surface area contributed by atoms with Gasteiger partial charge in [0, 0.05) is 6.42 Å². The van der Waals surface area contributed by atoms with Crippen LogP contribution in [0.25, 0.3) is 0 Å². The van der Waals surface area contributed by atoms with Crippen LogP contribution >= 0.6 is 0 Å². The van der Waals surface area contributed by atoms with Gasteiger partial charge in [-0.25, -0.2) is 4.79 Å². The first-order valence-electron chi connectivity index (χ1n) is 9.93. The van der Waals surface area contributed by atoms with Crippen LogP contribution in [0.2, 0.25) is 0 Å². The van der Waals surface area contributed by atoms with Gasteiger partial charge in [0.2, 0.25) is 5.91 Å². The lowest BCUT2D eigenvalue weighted by atomic mass is 10.0. The molecular weight excluding hydrogens is 384 g/mol. The highest BCUT2D eigenvalue weighted by molar-refractivity contribution is 5.89. The van der Waals surface area contributed by atoms with E-state index in [-0.39, 0.29) is 6.42 Å². The van der Waals surface area contributed by atoms with Gasteiger partial charge in [0.1, 0.15) is 6.04 Å². The molecule has 160 valence electrons. The number of benzene rings is 2. The van der Waals surface area contributed by atoms with Gasteiger partial charge in [0.05, 0.1) is 12.5 Å². The molecule has 0 aliphatic rings. The molecule has 2 rings (SSSR count). The summed E-state index contributed by atoms with van der Waals surface area (Å²) >= 11 is 0. The Kier molecular flexibility index (Phi) is 9.03. The fourth-order valence-corrected chi connectivity index (χ4v) is 3.08. The number of carboxylic acids is 2. The van der Waals surface area contributed by atoms with Crippen LogP contribution in [0.4, 0.5) is 0 Å². The van der Waals surface area contributed by atoms with Gasteiger partial charge in [0.25, 0.3) is 0 Å². The number of hydrogen-bond donors (Lipinski definition) is 4. The van der Waals surface area contributed by atoms with Crippen LogP contribution in [0.1, 0.15) is 29.5 Å². The molecule has 0 aromatic heterocycles. The largest absolute Gasteiger partial charge is 0.481 e. The van der Waals surface area contributed by atoms with Gasteiger partial charge in [-0.1, -0.05) is 60.2 Å². The quantitative estimate of drug-likeness (QED) is 0.397. The van der Waals surface area contributed by atoms with Crippen LogP contribution in [0.5, 0.6) is 0 Å². The second-order valence-corrected chi connectivity index (χ2v) is 7.28. The molecule has 0 aliphatic carbocycles. The maximum absolute atomic E-state index is 12.6. The topological polar surface area (TPSA) is 116 Å². The molecule has 1 amide bonds. The number of carbonyl (C=O) groups is 3. The van der Waals surface area contributed by atoms with Crippen molar-refractivity contribution in [1.82, 2.24) is 10.6 Å². The van der Waals surface area contributed by atoms with Gasteiger partial charge >= 0.3 is 11.9 Å². The van der Waals surface area contributed by atoms with Crippen molar-refractivity contribution in [1.29, 1.82) is 0 Å². The van der Waals surface area contributed by atoms with Crippen molar-refractivity contribution < 1.29 is 24.6 Å². The number of carboxylic acid groups (broad SMARTS) is 2. The highest BCUT2D eigenvalue weighted by atomic mass is 16.4. The van der Waals surface area contributed by atoms with Crippen LogP contribution in [0.15, 0.2) is 54.6 Å². The van der Waals surface area contributed by atoms with Gasteiger partial charge in [-0.15, -0.1) is 0 Å². The zero-order chi connectivity index (χ0) is 21.9. The summed E-state index contributed by atoms with van der Waals surface area (Å²) < 4.78 is 0. The molecule has 0 saturated heterocycles. The fraction of sp³-hybridized carbons (Fsp3) is 0.348. The Balaban J connectivity index is 1.91. The molecule has 7 nitrogen and oxygen atoms in total. The molecule has 0 unspecified atom stereocenters. The lowest BCUT2D eigenvalue weighted by Crippen LogP contribution is -2.51. The Hall–Kier alpha value is -3.19. The smallest absolute Gasteiger partial charge is 0.326 e. The first-order valence-corrected chi connectivity index (χ1v) is 9.93. The lowest BCUT2D eigenvalue weighted by Gasteiger charge is -2.20. The molecule has 0 spiro atoms. The maximum Gasteiger partial charge on any atom is 0.326 e. The molecule has 0 saturated carbocycles. The van der Waals surface area contributed by atoms with Crippen molar-refractivity contribution in [3.63, 3.8) is 0 Å². The molecule has 4 N–H and O–H groups in total. The summed E-state index contributed by atoms with van der Waals surface area (Å²) in [5, 5.41) is 24.0. The Morgan fingerprint density at radius 1 is 0.900 bits per heavy atom. The summed E-state index contributed by atoms with van der Waals surface area (Å²) in [5.74, 6) is -2.92. The van der Waals surface area contributed by atoms with E-state index in [9.17, 15) is 19.5 Å². The van der Waals surface area contributed by atoms with E-state index in [0.29, 0.717) is 6.54 Å². The summed E-state index contributed by atoms with van der Waals surface area (Å²) in [6.07, 6.45) is 1.21. The zero-order valence-corrected chi connectivity index (χ0v) is 17.0. The van der Waals surface area contributed by atoms with Crippen LogP contribution in [-0.4, -0.2) is 46.7 Å². The number of aryl methyl sites for hydroxylation is 2. The number of rotatable bonds is 12. The Labute approximate surface area is 176 Å². The van der Waals surface area contributed by atoms with Crippen LogP contribution in [-0.2, 0) is 27.2 Å². The molecule has 0 bridgehead atoms. The number of nitrogens with one attached hydrogen (secondary N) is 2. The van der Waals surface area contributed by atoms with Crippen LogP contribution < -0.4 is 10.6 Å². The number of carbonyl (C=O) groups excluding carboxylic acids is 1. The molecule has 0 radical (unpaired) electrons. The second-order valence-electron chi connectivity index (χ2n) is 7.28. The van der Waals surface area contributed by atoms with Crippen molar-refractivity contribution in [2.24, 2.45) is 0 Å². The lowest BCUT2D eigenvalue weighted by molar-refractivity contribution is -0.143. The van der Waals surface area contributed by atoms with E-state index in [1.807, 2.05) is 37.3 Å². The van der Waals surface area contributed by atoms with Gasteiger partial charge < -0.3 is 20.8 Å². The molecule has 2 aromatic rings. The molecule has 2 aromatic carbocycles. The third-order valence-corrected chi connectivity index (χ3v) is 4.75. The van der Waals surface area contributed by atoms with Gasteiger partial charge in [-0.05, 0) is 37.4 Å². The average molecular weight is 412 g/mol. The van der Waals surface area contributed by atoms with Crippen molar-refractivity contribution in [3.05, 3.63) is 71.3 Å². The Morgan fingerprint density at radius 3 is 2.17 bits per heavy atom. The normalized spacial score (nSPS) is 12.7. The number of amides is 1. The monoisotopic (exact) mass is 412 g/mol. The summed E-state index contributed by atoms with van der Waals surface area (Å²) in [6, 6.07) is 15.0. The van der Waals surface area contributed by atoms with Crippen LogP contribution in [0, 0.1) is 6.92 Å². The number of hydrogen-bond acceptors (Lipinski definition) is 4. The third-order valence-electron chi connectivity index (χ3n) is 4.75. The molecule has 30 heavy (non-hydrogen) atoms. The molecule has 0 heterocycles. The average Bonchev–Trinajstić information content (AvgIpc) is 2.71. The molecule has 0 aliphatic heterocycles. The summed E-state index contributed by atoms with van der Waals surface area (Å²) in [5.41, 5.74) is 3.11. The minimum Gasteiger partial charge on any atom is -0.481 e. The van der Waals surface area contributed by atoms with E-state index in [1.54, 1.807) is 24.3 Å². The molecule has 2 atom stereocenters. The van der Waals surface area contributed by atoms with Crippen molar-refractivity contribution in [2.45, 2.75) is 44.7 Å². The van der Waals surface area contributed by atoms with Crippen molar-refractivity contribution >= 4 is 17.8 Å². The van der Waals surface area contributed by atoms with E-state index in [2.05, 4.69) is 10.6 Å². The third kappa shape index (κ3) is 8.05. The predicted octanol–water partition coefficient (Wildman–Crippen LogP) is 2.17. The first-order chi connectivity index (χ1) is 14.3. The number of aliphatic carboxylic acids is 2. The van der Waals surface area contributed by atoms with E-state index < -0.39 is 36.4 Å². The standard InChI is InChI=1S/C23H28N2O5/c1-16-9-11-17(12-10-16)8-5-13-24-19(15-21(26)27)22(28)25-20(23(29)30)14-18-6-3-2-4-7-18/h2-4,6-7,9-12,19-20,24H,5,8,13-15H2,1H3,(H,25,28)(H,26,27)(H,29,30)/t19-,20-/m0/s1. The van der Waals surface area contributed by atoms with Crippen LogP contribution in [0.3, 0.4) is 0 Å². The van der Waals surface area contributed by atoms with E-state index in [4.69, 9.17) is 5.11 Å². The van der Waals surface area contributed by atoms with E-state index >= 15 is 0 Å². The SMILES string of the molecule is Cc1ccc(CCCN[C@@H](CC(=O)O)C(=O)N[C@@H](Cc2ccccc2)C(=O)O)cc1. The van der Waals surface area contributed by atoms with E-state index in [0.717, 1.165) is 24.0 Å². The van der Waals surface area contributed by atoms with Gasteiger partial charge in [-0.2, -0.15) is 0 Å². The van der Waals surface area contributed by atoms with Crippen molar-refractivity contribution in [3.8, 4) is 0 Å². The molecular formula is C23H28N2O5. The Morgan fingerprint density at radius 2 is 1.57 bits per heavy atom. The summed E-state index contributed by atoms with van der Waals surface area (Å²) in [4.78, 5) is 35.3. The summed E-state index contributed by atoms with van der Waals surface area (Å²) in [6.45, 7) is 2.46.